The maximum absolute atomic E-state index is 13.4. The molecule has 2 aromatic rings. The summed E-state index contributed by atoms with van der Waals surface area (Å²) in [6, 6.07) is 5.38. The van der Waals surface area contributed by atoms with Gasteiger partial charge in [-0.25, -0.2) is 18.2 Å². The molecule has 0 unspecified atom stereocenters. The highest BCUT2D eigenvalue weighted by atomic mass is 19.2. The predicted molar refractivity (Wildman–Crippen MR) is 57.8 cm³/mol. The number of anilines is 1. The second-order valence-electron chi connectivity index (χ2n) is 3.56. The number of rotatable bonds is 2. The van der Waals surface area contributed by atoms with Crippen LogP contribution in [0.4, 0.5) is 19.0 Å². The lowest BCUT2D eigenvalue weighted by atomic mass is 10.0. The molecule has 0 aliphatic heterocycles. The van der Waals surface area contributed by atoms with Gasteiger partial charge in [-0.1, -0.05) is 12.1 Å². The van der Waals surface area contributed by atoms with Gasteiger partial charge in [0.1, 0.15) is 5.82 Å². The van der Waals surface area contributed by atoms with E-state index in [0.717, 1.165) is 6.07 Å². The van der Waals surface area contributed by atoms with Crippen LogP contribution >= 0.6 is 0 Å². The van der Waals surface area contributed by atoms with Gasteiger partial charge in [-0.15, -0.1) is 0 Å². The molecular weight excluding hydrogens is 229 g/mol. The van der Waals surface area contributed by atoms with Gasteiger partial charge in [0.25, 0.3) is 0 Å². The van der Waals surface area contributed by atoms with E-state index in [2.05, 4.69) is 4.98 Å². The third kappa shape index (κ3) is 2.22. The number of pyridine rings is 1. The molecule has 0 atom stereocenters. The monoisotopic (exact) mass is 238 g/mol. The van der Waals surface area contributed by atoms with Crippen molar-refractivity contribution in [3.05, 3.63) is 59.0 Å². The summed E-state index contributed by atoms with van der Waals surface area (Å²) in [5, 5.41) is 0. The molecule has 1 aromatic carbocycles. The fourth-order valence-electron chi connectivity index (χ4n) is 1.51. The Kier molecular flexibility index (Phi) is 2.99. The van der Waals surface area contributed by atoms with Crippen molar-refractivity contribution in [2.24, 2.45) is 0 Å². The summed E-state index contributed by atoms with van der Waals surface area (Å²) in [6.07, 6.45) is 1.57. The van der Waals surface area contributed by atoms with E-state index in [4.69, 9.17) is 5.73 Å². The Bertz CT molecular complexity index is 555. The normalized spacial score (nSPS) is 10.5. The summed E-state index contributed by atoms with van der Waals surface area (Å²) in [6.45, 7) is 0. The Morgan fingerprint density at radius 3 is 2.47 bits per heavy atom. The lowest BCUT2D eigenvalue weighted by molar-refractivity contribution is 0.442. The number of aromatic nitrogens is 1. The van der Waals surface area contributed by atoms with Gasteiger partial charge in [0.2, 0.25) is 0 Å². The molecule has 0 amide bonds. The highest BCUT2D eigenvalue weighted by molar-refractivity contribution is 5.42. The first-order valence-electron chi connectivity index (χ1n) is 4.91. The van der Waals surface area contributed by atoms with Crippen LogP contribution in [0.15, 0.2) is 30.5 Å². The Morgan fingerprint density at radius 1 is 1.00 bits per heavy atom. The van der Waals surface area contributed by atoms with Crippen LogP contribution in [0.3, 0.4) is 0 Å². The summed E-state index contributed by atoms with van der Waals surface area (Å²) in [5.74, 6) is -3.61. The quantitative estimate of drug-likeness (QED) is 0.817. The molecular formula is C12H9F3N2. The summed E-state index contributed by atoms with van der Waals surface area (Å²) >= 11 is 0. The van der Waals surface area contributed by atoms with Gasteiger partial charge in [-0.3, -0.25) is 0 Å². The number of nitrogen functional groups attached to an aromatic ring is 1. The number of hydrogen-bond donors (Lipinski definition) is 1. The summed E-state index contributed by atoms with van der Waals surface area (Å²) in [7, 11) is 0. The van der Waals surface area contributed by atoms with E-state index >= 15 is 0 Å². The topological polar surface area (TPSA) is 38.9 Å². The lowest BCUT2D eigenvalue weighted by Crippen LogP contribution is -2.02. The molecule has 0 bridgehead atoms. The Balaban J connectivity index is 2.38. The van der Waals surface area contributed by atoms with Crippen LogP contribution in [0.1, 0.15) is 11.1 Å². The van der Waals surface area contributed by atoms with Crippen molar-refractivity contribution < 1.29 is 13.2 Å². The van der Waals surface area contributed by atoms with Gasteiger partial charge in [0, 0.05) is 12.6 Å². The third-order valence-corrected chi connectivity index (χ3v) is 2.42. The van der Waals surface area contributed by atoms with Crippen LogP contribution in [-0.2, 0) is 6.42 Å². The SMILES string of the molecule is Nc1ncccc1Cc1ccc(F)c(F)c1F. The Labute approximate surface area is 95.9 Å². The van der Waals surface area contributed by atoms with E-state index in [0.29, 0.717) is 5.56 Å². The second kappa shape index (κ2) is 4.45. The summed E-state index contributed by atoms with van der Waals surface area (Å²) in [5.41, 5.74) is 6.20. The minimum absolute atomic E-state index is 0.0450. The first kappa shape index (κ1) is 11.4. The maximum atomic E-state index is 13.4. The molecule has 0 saturated carbocycles. The number of nitrogens with zero attached hydrogens (tertiary/aromatic N) is 1. The fourth-order valence-corrected chi connectivity index (χ4v) is 1.51. The molecule has 1 aromatic heterocycles. The predicted octanol–water partition coefficient (Wildman–Crippen LogP) is 2.67. The van der Waals surface area contributed by atoms with E-state index in [9.17, 15) is 13.2 Å². The van der Waals surface area contributed by atoms with E-state index in [1.54, 1.807) is 12.1 Å². The largest absolute Gasteiger partial charge is 0.383 e. The maximum Gasteiger partial charge on any atom is 0.194 e. The minimum atomic E-state index is -1.47. The van der Waals surface area contributed by atoms with Crippen molar-refractivity contribution in [3.8, 4) is 0 Å². The molecule has 0 aliphatic carbocycles. The van der Waals surface area contributed by atoms with Crippen molar-refractivity contribution in [2.45, 2.75) is 6.42 Å². The molecule has 0 aliphatic rings. The molecule has 0 radical (unpaired) electrons. The number of hydrogen-bond acceptors (Lipinski definition) is 2. The van der Waals surface area contributed by atoms with Gasteiger partial charge < -0.3 is 5.73 Å². The highest BCUT2D eigenvalue weighted by Crippen LogP contribution is 2.20. The van der Waals surface area contributed by atoms with Crippen LogP contribution in [0, 0.1) is 17.5 Å². The average molecular weight is 238 g/mol. The molecule has 88 valence electrons. The molecule has 17 heavy (non-hydrogen) atoms. The number of nitrogens with two attached hydrogens (primary N) is 1. The van der Waals surface area contributed by atoms with Gasteiger partial charge >= 0.3 is 0 Å². The number of benzene rings is 1. The van der Waals surface area contributed by atoms with Gasteiger partial charge in [-0.05, 0) is 23.3 Å². The highest BCUT2D eigenvalue weighted by Gasteiger charge is 2.14. The van der Waals surface area contributed by atoms with Crippen LogP contribution < -0.4 is 5.73 Å². The summed E-state index contributed by atoms with van der Waals surface area (Å²) < 4.78 is 39.1. The van der Waals surface area contributed by atoms with Gasteiger partial charge in [0.05, 0.1) is 0 Å². The molecule has 5 heteroatoms. The molecule has 0 spiro atoms. The van der Waals surface area contributed by atoms with Gasteiger partial charge in [0.15, 0.2) is 17.5 Å². The zero-order valence-electron chi connectivity index (χ0n) is 8.75. The summed E-state index contributed by atoms with van der Waals surface area (Å²) in [4.78, 5) is 3.83. The average Bonchev–Trinajstić information content (AvgIpc) is 2.32. The van der Waals surface area contributed by atoms with Crippen LogP contribution in [0.25, 0.3) is 0 Å². The van der Waals surface area contributed by atoms with Crippen LogP contribution in [-0.4, -0.2) is 4.98 Å². The van der Waals surface area contributed by atoms with Crippen LogP contribution in [0.5, 0.6) is 0 Å². The van der Waals surface area contributed by atoms with E-state index in [1.165, 1.54) is 12.3 Å². The van der Waals surface area contributed by atoms with Crippen LogP contribution in [0.2, 0.25) is 0 Å². The third-order valence-electron chi connectivity index (χ3n) is 2.42. The first-order valence-corrected chi connectivity index (χ1v) is 4.91. The molecule has 1 heterocycles. The van der Waals surface area contributed by atoms with Crippen molar-refractivity contribution >= 4 is 5.82 Å². The molecule has 0 fully saturated rings. The Morgan fingerprint density at radius 2 is 1.76 bits per heavy atom. The lowest BCUT2D eigenvalue weighted by Gasteiger charge is -2.06. The van der Waals surface area contributed by atoms with E-state index in [1.807, 2.05) is 0 Å². The Hall–Kier alpha value is -2.04. The molecule has 0 saturated heterocycles. The van der Waals surface area contributed by atoms with Crippen molar-refractivity contribution in [1.29, 1.82) is 0 Å². The van der Waals surface area contributed by atoms with Gasteiger partial charge in [-0.2, -0.15) is 0 Å². The first-order chi connectivity index (χ1) is 8.09. The fraction of sp³-hybridized carbons (Fsp3) is 0.0833. The van der Waals surface area contributed by atoms with Crippen molar-refractivity contribution in [2.75, 3.05) is 5.73 Å². The smallest absolute Gasteiger partial charge is 0.194 e. The van der Waals surface area contributed by atoms with Crippen molar-refractivity contribution in [1.82, 2.24) is 4.98 Å². The van der Waals surface area contributed by atoms with Crippen molar-refractivity contribution in [3.63, 3.8) is 0 Å². The molecule has 2 nitrogen and oxygen atoms in total. The zero-order valence-corrected chi connectivity index (χ0v) is 8.75. The second-order valence-corrected chi connectivity index (χ2v) is 3.56. The van der Waals surface area contributed by atoms with E-state index < -0.39 is 17.5 Å². The molecule has 2 rings (SSSR count). The molecule has 2 N–H and O–H groups in total. The minimum Gasteiger partial charge on any atom is -0.383 e. The van der Waals surface area contributed by atoms with E-state index in [-0.39, 0.29) is 17.8 Å². The number of halogens is 3. The zero-order chi connectivity index (χ0) is 12.4. The standard InChI is InChI=1S/C12H9F3N2/c13-9-4-3-7(10(14)11(9)15)6-8-2-1-5-17-12(8)16/h1-5H,6H2,(H2,16,17).